The molecule has 3 rings (SSSR count). The third-order valence-electron chi connectivity index (χ3n) is 3.94. The molecular formula is C17H19N3O3S. The van der Waals surface area contributed by atoms with Gasteiger partial charge in [0, 0.05) is 19.0 Å². The molecule has 7 heteroatoms. The van der Waals surface area contributed by atoms with Gasteiger partial charge in [-0.15, -0.1) is 11.3 Å². The average molecular weight is 345 g/mol. The average Bonchev–Trinajstić information content (AvgIpc) is 3.10. The molecule has 126 valence electrons. The monoisotopic (exact) mass is 345 g/mol. The van der Waals surface area contributed by atoms with Gasteiger partial charge >= 0.3 is 0 Å². The molecule has 0 radical (unpaired) electrons. The largest absolute Gasteiger partial charge is 0.369 e. The molecule has 2 heterocycles. The number of carbonyl (C=O) groups is 2. The molecule has 0 spiro atoms. The maximum Gasteiger partial charge on any atom is 0.249 e. The first-order valence-electron chi connectivity index (χ1n) is 7.68. The zero-order valence-electron chi connectivity index (χ0n) is 13.4. The molecule has 24 heavy (non-hydrogen) atoms. The fraction of sp³-hybridized carbons (Fsp3) is 0.353. The number of nitrogens with zero attached hydrogens (tertiary/aromatic N) is 3. The highest BCUT2D eigenvalue weighted by Crippen LogP contribution is 2.16. The molecule has 1 aliphatic heterocycles. The fourth-order valence-electron chi connectivity index (χ4n) is 2.68. The van der Waals surface area contributed by atoms with Gasteiger partial charge < -0.3 is 14.5 Å². The van der Waals surface area contributed by atoms with Crippen LogP contribution in [0.3, 0.4) is 0 Å². The Hall–Kier alpha value is -2.25. The number of likely N-dealkylation sites (N-methyl/N-ethyl adjacent to an activating group) is 1. The van der Waals surface area contributed by atoms with Crippen LogP contribution in [0, 0.1) is 0 Å². The second-order valence-electron chi connectivity index (χ2n) is 5.71. The van der Waals surface area contributed by atoms with Crippen molar-refractivity contribution in [1.82, 2.24) is 14.8 Å². The van der Waals surface area contributed by atoms with Crippen molar-refractivity contribution in [2.75, 3.05) is 20.3 Å². The molecular weight excluding hydrogens is 326 g/mol. The van der Waals surface area contributed by atoms with E-state index in [1.165, 1.54) is 11.3 Å². The lowest BCUT2D eigenvalue weighted by Crippen LogP contribution is -2.56. The Kier molecular flexibility index (Phi) is 5.22. The quantitative estimate of drug-likeness (QED) is 0.824. The molecule has 0 aliphatic carbocycles. The van der Waals surface area contributed by atoms with Crippen molar-refractivity contribution in [3.05, 3.63) is 52.5 Å². The molecule has 6 nitrogen and oxygen atoms in total. The molecule has 1 aromatic heterocycles. The van der Waals surface area contributed by atoms with Gasteiger partial charge in [-0.2, -0.15) is 0 Å². The van der Waals surface area contributed by atoms with Crippen molar-refractivity contribution in [3.63, 3.8) is 0 Å². The van der Waals surface area contributed by atoms with E-state index in [0.29, 0.717) is 13.1 Å². The standard InChI is InChI=1S/C17H19N3O3S/c1-19(8-14-11-24-12-18-14)17(22)15-9-23-10-16(21)20(15)7-13-5-3-2-4-6-13/h2-6,11-12,15H,7-10H2,1H3/t15-/m0/s1. The van der Waals surface area contributed by atoms with Gasteiger partial charge in [0.25, 0.3) is 0 Å². The van der Waals surface area contributed by atoms with Crippen LogP contribution < -0.4 is 0 Å². The minimum Gasteiger partial charge on any atom is -0.369 e. The first-order chi connectivity index (χ1) is 11.6. The summed E-state index contributed by atoms with van der Waals surface area (Å²) in [5.74, 6) is -0.294. The zero-order chi connectivity index (χ0) is 16.9. The molecule has 0 unspecified atom stereocenters. The molecule has 0 saturated carbocycles. The van der Waals surface area contributed by atoms with Crippen LogP contribution in [-0.2, 0) is 27.4 Å². The Labute approximate surface area is 144 Å². The number of morpholine rings is 1. The third kappa shape index (κ3) is 3.80. The lowest BCUT2D eigenvalue weighted by molar-refractivity contribution is -0.159. The highest BCUT2D eigenvalue weighted by molar-refractivity contribution is 7.07. The predicted molar refractivity (Wildman–Crippen MR) is 90.2 cm³/mol. The molecule has 0 N–H and O–H groups in total. The molecule has 2 aromatic rings. The van der Waals surface area contributed by atoms with Gasteiger partial charge in [0.2, 0.25) is 11.8 Å². The highest BCUT2D eigenvalue weighted by Gasteiger charge is 2.35. The first kappa shape index (κ1) is 16.6. The van der Waals surface area contributed by atoms with Crippen molar-refractivity contribution in [2.45, 2.75) is 19.1 Å². The summed E-state index contributed by atoms with van der Waals surface area (Å²) in [6.07, 6.45) is 0. The molecule has 1 fully saturated rings. The Balaban J connectivity index is 1.73. The second-order valence-corrected chi connectivity index (χ2v) is 6.43. The molecule has 1 saturated heterocycles. The molecule has 1 atom stereocenters. The SMILES string of the molecule is CN(Cc1cscn1)C(=O)[C@@H]1COCC(=O)N1Cc1ccccc1. The summed E-state index contributed by atoms with van der Waals surface area (Å²) < 4.78 is 5.32. The fourth-order valence-corrected chi connectivity index (χ4v) is 3.23. The number of hydrogen-bond acceptors (Lipinski definition) is 5. The summed E-state index contributed by atoms with van der Waals surface area (Å²) in [6, 6.07) is 9.06. The zero-order valence-corrected chi connectivity index (χ0v) is 14.2. The van der Waals surface area contributed by atoms with Gasteiger partial charge in [0.1, 0.15) is 12.6 Å². The van der Waals surface area contributed by atoms with Gasteiger partial charge in [-0.3, -0.25) is 9.59 Å². The van der Waals surface area contributed by atoms with Gasteiger partial charge in [-0.25, -0.2) is 4.98 Å². The third-order valence-corrected chi connectivity index (χ3v) is 4.57. The van der Waals surface area contributed by atoms with Crippen LogP contribution in [0.5, 0.6) is 0 Å². The van der Waals surface area contributed by atoms with Crippen molar-refractivity contribution in [1.29, 1.82) is 0 Å². The van der Waals surface area contributed by atoms with Gasteiger partial charge in [0.05, 0.1) is 24.4 Å². The van der Waals surface area contributed by atoms with Crippen LogP contribution in [0.15, 0.2) is 41.2 Å². The minimum atomic E-state index is -0.602. The van der Waals surface area contributed by atoms with E-state index in [9.17, 15) is 9.59 Å². The van der Waals surface area contributed by atoms with E-state index < -0.39 is 6.04 Å². The van der Waals surface area contributed by atoms with Crippen LogP contribution in [-0.4, -0.2) is 52.9 Å². The lowest BCUT2D eigenvalue weighted by Gasteiger charge is -2.36. The number of ether oxygens (including phenoxy) is 1. The molecule has 2 amide bonds. The first-order valence-corrected chi connectivity index (χ1v) is 8.62. The van der Waals surface area contributed by atoms with Gasteiger partial charge in [0.15, 0.2) is 0 Å². The maximum absolute atomic E-state index is 12.8. The highest BCUT2D eigenvalue weighted by atomic mass is 32.1. The number of amides is 2. The van der Waals surface area contributed by atoms with E-state index >= 15 is 0 Å². The summed E-state index contributed by atoms with van der Waals surface area (Å²) in [5, 5.41) is 1.91. The van der Waals surface area contributed by atoms with Crippen molar-refractivity contribution in [2.24, 2.45) is 0 Å². The van der Waals surface area contributed by atoms with Crippen LogP contribution in [0.4, 0.5) is 0 Å². The Bertz CT molecular complexity index is 690. The van der Waals surface area contributed by atoms with E-state index in [1.807, 2.05) is 35.7 Å². The van der Waals surface area contributed by atoms with Crippen molar-refractivity contribution < 1.29 is 14.3 Å². The Morgan fingerprint density at radius 1 is 1.42 bits per heavy atom. The van der Waals surface area contributed by atoms with E-state index in [0.717, 1.165) is 11.3 Å². The summed E-state index contributed by atoms with van der Waals surface area (Å²) in [6.45, 7) is 1.07. The Morgan fingerprint density at radius 2 is 2.21 bits per heavy atom. The number of thiazole rings is 1. The normalized spacial score (nSPS) is 17.8. The summed E-state index contributed by atoms with van der Waals surface area (Å²) in [7, 11) is 1.72. The number of carbonyl (C=O) groups excluding carboxylic acids is 2. The number of rotatable bonds is 5. The van der Waals surface area contributed by atoms with Crippen LogP contribution in [0.2, 0.25) is 0 Å². The van der Waals surface area contributed by atoms with Crippen LogP contribution in [0.1, 0.15) is 11.3 Å². The van der Waals surface area contributed by atoms with E-state index in [-0.39, 0.29) is 25.0 Å². The Morgan fingerprint density at radius 3 is 2.92 bits per heavy atom. The smallest absolute Gasteiger partial charge is 0.249 e. The summed E-state index contributed by atoms with van der Waals surface area (Å²) in [4.78, 5) is 32.5. The van der Waals surface area contributed by atoms with Gasteiger partial charge in [-0.05, 0) is 5.56 Å². The predicted octanol–water partition coefficient (Wildman–Crippen LogP) is 1.53. The minimum absolute atomic E-state index is 0.0203. The molecule has 1 aliphatic rings. The van der Waals surface area contributed by atoms with E-state index in [2.05, 4.69) is 4.98 Å². The summed E-state index contributed by atoms with van der Waals surface area (Å²) in [5.41, 5.74) is 3.57. The number of benzene rings is 1. The van der Waals surface area contributed by atoms with E-state index in [1.54, 1.807) is 22.4 Å². The second kappa shape index (κ2) is 7.55. The number of hydrogen-bond donors (Lipinski definition) is 0. The van der Waals surface area contributed by atoms with Crippen molar-refractivity contribution >= 4 is 23.2 Å². The lowest BCUT2D eigenvalue weighted by atomic mass is 10.1. The summed E-state index contributed by atoms with van der Waals surface area (Å²) >= 11 is 1.49. The van der Waals surface area contributed by atoms with E-state index in [4.69, 9.17) is 4.74 Å². The maximum atomic E-state index is 12.8. The number of aromatic nitrogens is 1. The van der Waals surface area contributed by atoms with Crippen LogP contribution >= 0.6 is 11.3 Å². The van der Waals surface area contributed by atoms with Crippen LogP contribution in [0.25, 0.3) is 0 Å². The molecule has 0 bridgehead atoms. The van der Waals surface area contributed by atoms with Crippen molar-refractivity contribution in [3.8, 4) is 0 Å². The topological polar surface area (TPSA) is 62.7 Å². The molecule has 1 aromatic carbocycles. The van der Waals surface area contributed by atoms with Gasteiger partial charge in [-0.1, -0.05) is 30.3 Å².